The Morgan fingerprint density at radius 1 is 1.60 bits per heavy atom. The van der Waals surface area contributed by atoms with E-state index in [2.05, 4.69) is 15.2 Å². The molecule has 1 atom stereocenters. The lowest BCUT2D eigenvalue weighted by molar-refractivity contribution is 0.620. The third kappa shape index (κ3) is 1.53. The molecule has 0 radical (unpaired) electrons. The topological polar surface area (TPSA) is 28.2 Å². The van der Waals surface area contributed by atoms with Crippen molar-refractivity contribution >= 4 is 23.1 Å². The van der Waals surface area contributed by atoms with Crippen molar-refractivity contribution < 1.29 is 4.39 Å². The van der Waals surface area contributed by atoms with Gasteiger partial charge in [-0.15, -0.1) is 0 Å². The van der Waals surface area contributed by atoms with Crippen LogP contribution < -0.4 is 10.2 Å². The molecule has 1 aromatic heterocycles. The molecule has 5 heteroatoms. The Balaban J connectivity index is 0.000000853. The SMILES string of the molecule is C.Fc1cc2c(nc1Cl)NC1CCN2C1. The maximum Gasteiger partial charge on any atom is 0.167 e. The van der Waals surface area contributed by atoms with E-state index in [0.717, 1.165) is 25.2 Å². The summed E-state index contributed by atoms with van der Waals surface area (Å²) in [7, 11) is 0. The lowest BCUT2D eigenvalue weighted by Crippen LogP contribution is -2.32. The van der Waals surface area contributed by atoms with E-state index >= 15 is 0 Å². The maximum atomic E-state index is 13.2. The van der Waals surface area contributed by atoms with E-state index in [0.29, 0.717) is 11.9 Å². The number of fused-ring (bicyclic) bond motifs is 4. The highest BCUT2D eigenvalue weighted by molar-refractivity contribution is 6.29. The Morgan fingerprint density at radius 3 is 3.20 bits per heavy atom. The summed E-state index contributed by atoms with van der Waals surface area (Å²) >= 11 is 5.62. The average Bonchev–Trinajstić information content (AvgIpc) is 2.54. The van der Waals surface area contributed by atoms with Gasteiger partial charge in [0.05, 0.1) is 5.69 Å². The van der Waals surface area contributed by atoms with Crippen molar-refractivity contribution in [2.45, 2.75) is 19.9 Å². The molecule has 1 saturated heterocycles. The molecule has 3 nitrogen and oxygen atoms in total. The number of nitrogens with zero attached hydrogens (tertiary/aromatic N) is 2. The summed E-state index contributed by atoms with van der Waals surface area (Å²) in [6.07, 6.45) is 1.08. The van der Waals surface area contributed by atoms with Crippen LogP contribution in [0.2, 0.25) is 5.15 Å². The van der Waals surface area contributed by atoms with Gasteiger partial charge >= 0.3 is 0 Å². The first-order chi connectivity index (χ1) is 6.74. The van der Waals surface area contributed by atoms with Crippen molar-refractivity contribution in [2.24, 2.45) is 0 Å². The molecule has 2 aliphatic rings. The molecular weight excluding hydrogens is 217 g/mol. The Morgan fingerprint density at radius 2 is 2.40 bits per heavy atom. The second kappa shape index (κ2) is 3.52. The van der Waals surface area contributed by atoms with Crippen LogP contribution in [0.25, 0.3) is 0 Å². The van der Waals surface area contributed by atoms with Crippen LogP contribution in [0.5, 0.6) is 0 Å². The third-order valence-electron chi connectivity index (χ3n) is 2.78. The minimum absolute atomic E-state index is 0. The Labute approximate surface area is 93.2 Å². The molecule has 1 aromatic rings. The molecule has 0 amide bonds. The van der Waals surface area contributed by atoms with Crippen LogP contribution >= 0.6 is 11.6 Å². The third-order valence-corrected chi connectivity index (χ3v) is 3.05. The minimum atomic E-state index is -0.447. The van der Waals surface area contributed by atoms with Crippen LogP contribution in [0.4, 0.5) is 15.9 Å². The van der Waals surface area contributed by atoms with Crippen molar-refractivity contribution in [1.82, 2.24) is 4.98 Å². The van der Waals surface area contributed by atoms with Crippen LogP contribution in [0.15, 0.2) is 6.07 Å². The summed E-state index contributed by atoms with van der Waals surface area (Å²) in [5.74, 6) is 0.266. The van der Waals surface area contributed by atoms with Gasteiger partial charge in [0, 0.05) is 25.2 Å². The summed E-state index contributed by atoms with van der Waals surface area (Å²) in [5, 5.41) is 3.20. The molecular formula is C10H13ClFN3. The second-order valence-corrected chi connectivity index (χ2v) is 4.06. The van der Waals surface area contributed by atoms with Crippen LogP contribution in [0.3, 0.4) is 0 Å². The number of halogens is 2. The van der Waals surface area contributed by atoms with Gasteiger partial charge in [0.2, 0.25) is 0 Å². The van der Waals surface area contributed by atoms with E-state index in [1.807, 2.05) is 0 Å². The van der Waals surface area contributed by atoms with Gasteiger partial charge in [0.15, 0.2) is 16.8 Å². The van der Waals surface area contributed by atoms with Gasteiger partial charge in [-0.25, -0.2) is 9.37 Å². The zero-order chi connectivity index (χ0) is 9.71. The first-order valence-electron chi connectivity index (χ1n) is 4.61. The van der Waals surface area contributed by atoms with E-state index in [9.17, 15) is 4.39 Å². The highest BCUT2D eigenvalue weighted by Gasteiger charge is 2.31. The van der Waals surface area contributed by atoms with Crippen molar-refractivity contribution in [3.63, 3.8) is 0 Å². The first kappa shape index (κ1) is 10.5. The molecule has 0 spiro atoms. The number of rotatable bonds is 0. The lowest BCUT2D eigenvalue weighted by atomic mass is 10.2. The average molecular weight is 230 g/mol. The Kier molecular flexibility index (Phi) is 2.46. The molecule has 15 heavy (non-hydrogen) atoms. The highest BCUT2D eigenvalue weighted by atomic mass is 35.5. The molecule has 2 aliphatic heterocycles. The van der Waals surface area contributed by atoms with Gasteiger partial charge in [0.25, 0.3) is 0 Å². The van der Waals surface area contributed by atoms with E-state index in [1.165, 1.54) is 6.07 Å². The van der Waals surface area contributed by atoms with Gasteiger partial charge in [-0.1, -0.05) is 19.0 Å². The summed E-state index contributed by atoms with van der Waals surface area (Å²) in [5.41, 5.74) is 0.834. The Hall–Kier alpha value is -1.03. The van der Waals surface area contributed by atoms with Gasteiger partial charge in [-0.3, -0.25) is 0 Å². The van der Waals surface area contributed by atoms with Crippen LogP contribution in [0.1, 0.15) is 13.8 Å². The monoisotopic (exact) mass is 229 g/mol. The fraction of sp³-hybridized carbons (Fsp3) is 0.500. The molecule has 2 bridgehead atoms. The highest BCUT2D eigenvalue weighted by Crippen LogP contribution is 2.35. The predicted octanol–water partition coefficient (Wildman–Crippen LogP) is 2.51. The minimum Gasteiger partial charge on any atom is -0.366 e. The summed E-state index contributed by atoms with van der Waals surface area (Å²) in [4.78, 5) is 6.13. The van der Waals surface area contributed by atoms with E-state index < -0.39 is 5.82 Å². The molecule has 82 valence electrons. The van der Waals surface area contributed by atoms with Crippen LogP contribution in [-0.4, -0.2) is 24.1 Å². The Bertz CT molecular complexity index is 396. The van der Waals surface area contributed by atoms with Crippen molar-refractivity contribution in [3.8, 4) is 0 Å². The summed E-state index contributed by atoms with van der Waals surface area (Å²) in [6.45, 7) is 1.91. The number of anilines is 2. The van der Waals surface area contributed by atoms with Gasteiger partial charge in [0.1, 0.15) is 0 Å². The number of nitrogens with one attached hydrogen (secondary N) is 1. The van der Waals surface area contributed by atoms with Crippen molar-refractivity contribution in [2.75, 3.05) is 23.3 Å². The normalized spacial score (nSPS) is 21.7. The largest absolute Gasteiger partial charge is 0.366 e. The zero-order valence-corrected chi connectivity index (χ0v) is 8.18. The van der Waals surface area contributed by atoms with Gasteiger partial charge < -0.3 is 10.2 Å². The van der Waals surface area contributed by atoms with Crippen molar-refractivity contribution in [3.05, 3.63) is 17.0 Å². The molecule has 0 aromatic carbocycles. The molecule has 0 saturated carbocycles. The van der Waals surface area contributed by atoms with E-state index in [1.54, 1.807) is 0 Å². The summed E-state index contributed by atoms with van der Waals surface area (Å²) < 4.78 is 13.2. The zero-order valence-electron chi connectivity index (χ0n) is 7.43. The maximum absolute atomic E-state index is 13.2. The van der Waals surface area contributed by atoms with Gasteiger partial charge in [-0.2, -0.15) is 0 Å². The van der Waals surface area contributed by atoms with E-state index in [4.69, 9.17) is 11.6 Å². The molecule has 3 rings (SSSR count). The molecule has 3 heterocycles. The fourth-order valence-electron chi connectivity index (χ4n) is 2.09. The first-order valence-corrected chi connectivity index (χ1v) is 4.99. The standard InChI is InChI=1S/C9H9ClFN3.CH4/c10-8-6(11)3-7-9(13-8)12-5-1-2-14(7)4-5;/h3,5H,1-2,4H2,(H,12,13);1H4. The van der Waals surface area contributed by atoms with Crippen LogP contribution in [-0.2, 0) is 0 Å². The number of pyridine rings is 1. The number of hydrogen-bond donors (Lipinski definition) is 1. The molecule has 0 aliphatic carbocycles. The van der Waals surface area contributed by atoms with Crippen molar-refractivity contribution in [1.29, 1.82) is 0 Å². The van der Waals surface area contributed by atoms with Gasteiger partial charge in [-0.05, 0) is 6.42 Å². The number of hydrogen-bond acceptors (Lipinski definition) is 3. The fourth-order valence-corrected chi connectivity index (χ4v) is 2.23. The quantitative estimate of drug-likeness (QED) is 0.693. The molecule has 1 N–H and O–H groups in total. The van der Waals surface area contributed by atoms with Crippen LogP contribution in [0, 0.1) is 5.82 Å². The number of aromatic nitrogens is 1. The smallest absolute Gasteiger partial charge is 0.167 e. The molecule has 1 fully saturated rings. The second-order valence-electron chi connectivity index (χ2n) is 3.70. The predicted molar refractivity (Wildman–Crippen MR) is 60.2 cm³/mol. The lowest BCUT2D eigenvalue weighted by Gasteiger charge is -2.27. The van der Waals surface area contributed by atoms with E-state index in [-0.39, 0.29) is 12.6 Å². The molecule has 1 unspecified atom stereocenters. The summed E-state index contributed by atoms with van der Waals surface area (Å²) in [6, 6.07) is 1.90.